The van der Waals surface area contributed by atoms with Crippen LogP contribution in [-0.2, 0) is 0 Å². The lowest BCUT2D eigenvalue weighted by Gasteiger charge is -2.11. The van der Waals surface area contributed by atoms with Crippen LogP contribution in [0.15, 0.2) is 0 Å². The van der Waals surface area contributed by atoms with Crippen molar-refractivity contribution < 1.29 is 0 Å². The Labute approximate surface area is 81.7 Å². The monoisotopic (exact) mass is 189 g/mol. The molecule has 1 unspecified atom stereocenters. The molecule has 0 fully saturated rings. The molecule has 0 aliphatic carbocycles. The van der Waals surface area contributed by atoms with Crippen molar-refractivity contribution in [2.45, 2.75) is 27.2 Å². The second kappa shape index (κ2) is 7.93. The minimum atomic E-state index is 0.812. The van der Waals surface area contributed by atoms with Crippen LogP contribution in [0, 0.1) is 11.8 Å². The van der Waals surface area contributed by atoms with Crippen molar-refractivity contribution in [1.29, 1.82) is 0 Å². The predicted molar refractivity (Wildman–Crippen MR) is 59.9 cm³/mol. The predicted octanol–water partition coefficient (Wildman–Crippen LogP) is 2.62. The first-order valence-electron chi connectivity index (χ1n) is 4.86. The van der Waals surface area contributed by atoms with Crippen LogP contribution in [0.2, 0.25) is 0 Å². The second-order valence-corrected chi connectivity index (χ2v) is 4.86. The molecular weight excluding hydrogens is 166 g/mol. The lowest BCUT2D eigenvalue weighted by molar-refractivity contribution is 0.501. The number of thioether (sulfide) groups is 1. The minimum absolute atomic E-state index is 0.812. The van der Waals surface area contributed by atoms with Gasteiger partial charge >= 0.3 is 0 Å². The van der Waals surface area contributed by atoms with Gasteiger partial charge in [0.2, 0.25) is 0 Å². The molecule has 0 spiro atoms. The van der Waals surface area contributed by atoms with E-state index in [2.05, 4.69) is 32.3 Å². The topological polar surface area (TPSA) is 12.0 Å². The van der Waals surface area contributed by atoms with Crippen LogP contribution >= 0.6 is 11.8 Å². The van der Waals surface area contributed by atoms with Crippen molar-refractivity contribution in [1.82, 2.24) is 5.32 Å². The van der Waals surface area contributed by atoms with Gasteiger partial charge in [-0.05, 0) is 43.4 Å². The quantitative estimate of drug-likeness (QED) is 0.618. The molecule has 0 rings (SSSR count). The van der Waals surface area contributed by atoms with Gasteiger partial charge in [-0.3, -0.25) is 0 Å². The normalized spacial score (nSPS) is 13.8. The average molecular weight is 189 g/mol. The Hall–Kier alpha value is 0.310. The SMILES string of the molecule is CSCC(C)CNCCC(C)C. The molecule has 0 aliphatic heterocycles. The summed E-state index contributed by atoms with van der Waals surface area (Å²) in [4.78, 5) is 0. The van der Waals surface area contributed by atoms with Crippen LogP contribution in [0.4, 0.5) is 0 Å². The fourth-order valence-electron chi connectivity index (χ4n) is 1.08. The zero-order valence-electron chi connectivity index (χ0n) is 8.89. The molecule has 74 valence electrons. The van der Waals surface area contributed by atoms with Crippen molar-refractivity contribution in [2.24, 2.45) is 11.8 Å². The maximum Gasteiger partial charge on any atom is -0.00153 e. The molecule has 12 heavy (non-hydrogen) atoms. The third-order valence-corrected chi connectivity index (χ3v) is 2.74. The van der Waals surface area contributed by atoms with Gasteiger partial charge in [0.1, 0.15) is 0 Å². The molecule has 1 nitrogen and oxygen atoms in total. The van der Waals surface area contributed by atoms with Crippen molar-refractivity contribution in [3.05, 3.63) is 0 Å². The molecule has 1 N–H and O–H groups in total. The molecule has 0 heterocycles. The van der Waals surface area contributed by atoms with E-state index in [4.69, 9.17) is 0 Å². The fraction of sp³-hybridized carbons (Fsp3) is 1.00. The third kappa shape index (κ3) is 8.41. The Bertz CT molecular complexity index is 93.8. The van der Waals surface area contributed by atoms with E-state index in [-0.39, 0.29) is 0 Å². The van der Waals surface area contributed by atoms with E-state index in [0.29, 0.717) is 0 Å². The second-order valence-electron chi connectivity index (χ2n) is 3.95. The zero-order chi connectivity index (χ0) is 9.40. The van der Waals surface area contributed by atoms with Crippen molar-refractivity contribution in [2.75, 3.05) is 25.1 Å². The summed E-state index contributed by atoms with van der Waals surface area (Å²) in [6.07, 6.45) is 3.47. The smallest absolute Gasteiger partial charge is 0.00153 e. The first-order valence-corrected chi connectivity index (χ1v) is 6.25. The highest BCUT2D eigenvalue weighted by Crippen LogP contribution is 2.03. The van der Waals surface area contributed by atoms with Crippen LogP contribution in [0.5, 0.6) is 0 Å². The van der Waals surface area contributed by atoms with Gasteiger partial charge in [0.15, 0.2) is 0 Å². The van der Waals surface area contributed by atoms with Crippen LogP contribution in [0.25, 0.3) is 0 Å². The summed E-state index contributed by atoms with van der Waals surface area (Å²) in [5.41, 5.74) is 0. The number of nitrogens with one attached hydrogen (secondary N) is 1. The van der Waals surface area contributed by atoms with Gasteiger partial charge in [-0.25, -0.2) is 0 Å². The summed E-state index contributed by atoms with van der Waals surface area (Å²) in [5.74, 6) is 2.91. The maximum absolute atomic E-state index is 3.49. The molecular formula is C10H23NS. The van der Waals surface area contributed by atoms with Crippen LogP contribution in [0.3, 0.4) is 0 Å². The van der Waals surface area contributed by atoms with Crippen LogP contribution < -0.4 is 5.32 Å². The van der Waals surface area contributed by atoms with Gasteiger partial charge in [-0.15, -0.1) is 0 Å². The Morgan fingerprint density at radius 3 is 2.42 bits per heavy atom. The zero-order valence-corrected chi connectivity index (χ0v) is 9.71. The summed E-state index contributed by atoms with van der Waals surface area (Å²) < 4.78 is 0. The summed E-state index contributed by atoms with van der Waals surface area (Å²) in [6.45, 7) is 9.20. The summed E-state index contributed by atoms with van der Waals surface area (Å²) in [5, 5.41) is 3.49. The fourth-order valence-corrected chi connectivity index (χ4v) is 1.77. The maximum atomic E-state index is 3.49. The van der Waals surface area contributed by atoms with Gasteiger partial charge in [-0.2, -0.15) is 11.8 Å². The standard InChI is InChI=1S/C10H23NS/c1-9(2)5-6-11-7-10(3)8-12-4/h9-11H,5-8H2,1-4H3. The summed E-state index contributed by atoms with van der Waals surface area (Å²) in [6, 6.07) is 0. The molecule has 2 heteroatoms. The molecule has 0 saturated heterocycles. The summed E-state index contributed by atoms with van der Waals surface area (Å²) in [7, 11) is 0. The van der Waals surface area contributed by atoms with E-state index in [9.17, 15) is 0 Å². The molecule has 0 aromatic carbocycles. The van der Waals surface area contributed by atoms with Crippen LogP contribution in [0.1, 0.15) is 27.2 Å². The Morgan fingerprint density at radius 1 is 1.25 bits per heavy atom. The molecule has 0 saturated carbocycles. The van der Waals surface area contributed by atoms with Crippen molar-refractivity contribution in [3.63, 3.8) is 0 Å². The van der Waals surface area contributed by atoms with E-state index >= 15 is 0 Å². The van der Waals surface area contributed by atoms with E-state index in [1.165, 1.54) is 25.3 Å². The van der Waals surface area contributed by atoms with Crippen molar-refractivity contribution >= 4 is 11.8 Å². The number of rotatable bonds is 7. The number of hydrogen-bond donors (Lipinski definition) is 1. The van der Waals surface area contributed by atoms with E-state index < -0.39 is 0 Å². The summed E-state index contributed by atoms with van der Waals surface area (Å²) >= 11 is 1.93. The lowest BCUT2D eigenvalue weighted by atomic mass is 10.1. The third-order valence-electron chi connectivity index (χ3n) is 1.84. The van der Waals surface area contributed by atoms with Gasteiger partial charge < -0.3 is 5.32 Å². The molecule has 0 aromatic heterocycles. The lowest BCUT2D eigenvalue weighted by Crippen LogP contribution is -2.24. The molecule has 0 aromatic rings. The Morgan fingerprint density at radius 2 is 1.92 bits per heavy atom. The largest absolute Gasteiger partial charge is 0.316 e. The molecule has 1 atom stereocenters. The first-order chi connectivity index (χ1) is 5.66. The Kier molecular flexibility index (Phi) is 8.14. The van der Waals surface area contributed by atoms with E-state index in [1.807, 2.05) is 11.8 Å². The van der Waals surface area contributed by atoms with E-state index in [0.717, 1.165) is 11.8 Å². The molecule has 0 aliphatic rings. The Balaban J connectivity index is 3.08. The van der Waals surface area contributed by atoms with Crippen LogP contribution in [-0.4, -0.2) is 25.1 Å². The van der Waals surface area contributed by atoms with Crippen molar-refractivity contribution in [3.8, 4) is 0 Å². The highest BCUT2D eigenvalue weighted by molar-refractivity contribution is 7.98. The van der Waals surface area contributed by atoms with Gasteiger partial charge in [0.25, 0.3) is 0 Å². The highest BCUT2D eigenvalue weighted by Gasteiger charge is 1.99. The average Bonchev–Trinajstić information content (AvgIpc) is 1.98. The van der Waals surface area contributed by atoms with Gasteiger partial charge in [0.05, 0.1) is 0 Å². The number of hydrogen-bond acceptors (Lipinski definition) is 2. The highest BCUT2D eigenvalue weighted by atomic mass is 32.2. The van der Waals surface area contributed by atoms with Gasteiger partial charge in [-0.1, -0.05) is 20.8 Å². The van der Waals surface area contributed by atoms with Gasteiger partial charge in [0, 0.05) is 0 Å². The minimum Gasteiger partial charge on any atom is -0.316 e. The first kappa shape index (κ1) is 12.3. The molecule has 0 bridgehead atoms. The molecule has 0 amide bonds. The van der Waals surface area contributed by atoms with E-state index in [1.54, 1.807) is 0 Å². The molecule has 0 radical (unpaired) electrons.